The van der Waals surface area contributed by atoms with Crippen molar-refractivity contribution in [3.8, 4) is 11.5 Å². The second-order valence-corrected chi connectivity index (χ2v) is 5.84. The van der Waals surface area contributed by atoms with Gasteiger partial charge >= 0.3 is 0 Å². The number of rotatable bonds is 7. The van der Waals surface area contributed by atoms with Crippen LogP contribution in [-0.2, 0) is 13.0 Å². The molecule has 3 aromatic rings. The smallest absolute Gasteiger partial charge is 0.260 e. The summed E-state index contributed by atoms with van der Waals surface area (Å²) in [5.41, 5.74) is 6.49. The normalized spacial score (nSPS) is 10.6. The number of nitrogens with zero attached hydrogens (tertiary/aromatic N) is 3. The minimum absolute atomic E-state index is 0.140. The van der Waals surface area contributed by atoms with Gasteiger partial charge in [0.2, 0.25) is 0 Å². The summed E-state index contributed by atoms with van der Waals surface area (Å²) in [6.45, 7) is 3.08. The maximum absolute atomic E-state index is 14.1. The van der Waals surface area contributed by atoms with Gasteiger partial charge < -0.3 is 15.8 Å². The number of anilines is 1. The van der Waals surface area contributed by atoms with Crippen molar-refractivity contribution in [1.29, 1.82) is 0 Å². The van der Waals surface area contributed by atoms with Crippen LogP contribution in [0.2, 0.25) is 0 Å². The molecule has 3 rings (SSSR count). The molecule has 140 valence electrons. The fourth-order valence-corrected chi connectivity index (χ4v) is 2.46. The maximum atomic E-state index is 14.1. The van der Waals surface area contributed by atoms with E-state index in [1.54, 1.807) is 23.0 Å². The molecule has 0 saturated carbocycles. The molecule has 1 amide bonds. The monoisotopic (exact) mass is 369 g/mol. The Bertz CT molecular complexity index is 924. The maximum Gasteiger partial charge on any atom is 0.260 e. The van der Waals surface area contributed by atoms with Gasteiger partial charge in [0.1, 0.15) is 17.3 Å². The number of carbonyl (C=O) groups is 1. The van der Waals surface area contributed by atoms with E-state index in [0.29, 0.717) is 24.6 Å². The summed E-state index contributed by atoms with van der Waals surface area (Å²) < 4.78 is 21.4. The molecule has 0 atom stereocenters. The average molecular weight is 369 g/mol. The Hall–Kier alpha value is -3.26. The molecule has 0 radical (unpaired) electrons. The molecular weight excluding hydrogens is 349 g/mol. The highest BCUT2D eigenvalue weighted by Crippen LogP contribution is 2.24. The molecule has 0 unspecified atom stereocenters. The second kappa shape index (κ2) is 8.41. The Morgan fingerprint density at radius 1 is 1.22 bits per heavy atom. The summed E-state index contributed by atoms with van der Waals surface area (Å²) in [7, 11) is 0. The lowest BCUT2D eigenvalue weighted by atomic mass is 10.1. The van der Waals surface area contributed by atoms with Gasteiger partial charge in [0.15, 0.2) is 5.82 Å². The predicted octanol–water partition coefficient (Wildman–Crippen LogP) is 2.98. The molecule has 3 N–H and O–H groups in total. The Balaban J connectivity index is 1.74. The minimum Gasteiger partial charge on any atom is -0.457 e. The van der Waals surface area contributed by atoms with E-state index in [1.165, 1.54) is 18.2 Å². The van der Waals surface area contributed by atoms with Crippen molar-refractivity contribution in [1.82, 2.24) is 15.0 Å². The molecule has 2 aromatic carbocycles. The van der Waals surface area contributed by atoms with E-state index < -0.39 is 11.7 Å². The summed E-state index contributed by atoms with van der Waals surface area (Å²) in [5.74, 6) is -0.0894. The first kappa shape index (κ1) is 18.5. The van der Waals surface area contributed by atoms with E-state index in [2.05, 4.69) is 15.6 Å². The summed E-state index contributed by atoms with van der Waals surface area (Å²) in [4.78, 5) is 12.4. The number of nitrogens with one attached hydrogen (secondary N) is 1. The predicted molar refractivity (Wildman–Crippen MR) is 99.3 cm³/mol. The Labute approximate surface area is 155 Å². The number of aromatic nitrogens is 3. The number of benzene rings is 2. The standard InChI is InChI=1S/C19H20FN5O2/c1-2-25-12-18(23-24-25)22-19(26)16-11-15(7-8-17(16)20)27-14-5-3-13(4-6-14)9-10-21/h3-8,11-12H,2,9-10,21H2,1H3,(H,22,26). The van der Waals surface area contributed by atoms with Gasteiger partial charge in [0.05, 0.1) is 11.8 Å². The van der Waals surface area contributed by atoms with Crippen molar-refractivity contribution < 1.29 is 13.9 Å². The first-order valence-electron chi connectivity index (χ1n) is 8.57. The SMILES string of the molecule is CCn1cc(NC(=O)c2cc(Oc3ccc(CCN)cc3)ccc2F)nn1. The van der Waals surface area contributed by atoms with Crippen LogP contribution in [0.25, 0.3) is 0 Å². The number of halogens is 1. The first-order chi connectivity index (χ1) is 13.1. The Morgan fingerprint density at radius 2 is 1.96 bits per heavy atom. The van der Waals surface area contributed by atoms with Crippen LogP contribution in [0, 0.1) is 5.82 Å². The minimum atomic E-state index is -0.652. The number of hydrogen-bond donors (Lipinski definition) is 2. The first-order valence-corrected chi connectivity index (χ1v) is 8.57. The van der Waals surface area contributed by atoms with Gasteiger partial charge in [-0.2, -0.15) is 0 Å². The summed E-state index contributed by atoms with van der Waals surface area (Å²) >= 11 is 0. The van der Waals surface area contributed by atoms with Gasteiger partial charge in [0, 0.05) is 6.54 Å². The van der Waals surface area contributed by atoms with E-state index in [4.69, 9.17) is 10.5 Å². The molecule has 7 nitrogen and oxygen atoms in total. The Morgan fingerprint density at radius 3 is 2.63 bits per heavy atom. The largest absolute Gasteiger partial charge is 0.457 e. The van der Waals surface area contributed by atoms with Crippen molar-refractivity contribution in [2.75, 3.05) is 11.9 Å². The third-order valence-electron chi connectivity index (χ3n) is 3.88. The molecule has 0 aliphatic carbocycles. The van der Waals surface area contributed by atoms with Crippen LogP contribution in [0.4, 0.5) is 10.2 Å². The van der Waals surface area contributed by atoms with Crippen LogP contribution in [0.1, 0.15) is 22.8 Å². The lowest BCUT2D eigenvalue weighted by Crippen LogP contribution is -2.14. The van der Waals surface area contributed by atoms with Crippen LogP contribution in [0.15, 0.2) is 48.7 Å². The highest BCUT2D eigenvalue weighted by Gasteiger charge is 2.15. The van der Waals surface area contributed by atoms with Gasteiger partial charge in [-0.3, -0.25) is 9.48 Å². The number of carbonyl (C=O) groups excluding carboxylic acids is 1. The number of ether oxygens (including phenoxy) is 1. The third kappa shape index (κ3) is 4.68. The van der Waals surface area contributed by atoms with E-state index in [9.17, 15) is 9.18 Å². The zero-order valence-corrected chi connectivity index (χ0v) is 14.9. The highest BCUT2D eigenvalue weighted by molar-refractivity contribution is 6.04. The van der Waals surface area contributed by atoms with Crippen molar-refractivity contribution in [2.45, 2.75) is 19.9 Å². The van der Waals surface area contributed by atoms with Gasteiger partial charge in [-0.1, -0.05) is 17.3 Å². The third-order valence-corrected chi connectivity index (χ3v) is 3.88. The quantitative estimate of drug-likeness (QED) is 0.668. The van der Waals surface area contributed by atoms with E-state index in [-0.39, 0.29) is 11.4 Å². The van der Waals surface area contributed by atoms with Crippen LogP contribution < -0.4 is 15.8 Å². The number of nitrogens with two attached hydrogens (primary N) is 1. The zero-order chi connectivity index (χ0) is 19.2. The van der Waals surface area contributed by atoms with Gasteiger partial charge in [-0.05, 0) is 55.8 Å². The summed E-state index contributed by atoms with van der Waals surface area (Å²) in [5, 5.41) is 10.2. The van der Waals surface area contributed by atoms with Crippen molar-refractivity contribution in [3.05, 3.63) is 65.6 Å². The number of amides is 1. The topological polar surface area (TPSA) is 95.1 Å². The Kier molecular flexibility index (Phi) is 5.77. The lowest BCUT2D eigenvalue weighted by molar-refractivity contribution is 0.102. The van der Waals surface area contributed by atoms with Crippen LogP contribution in [-0.4, -0.2) is 27.4 Å². The van der Waals surface area contributed by atoms with Crippen molar-refractivity contribution in [2.24, 2.45) is 5.73 Å². The van der Waals surface area contributed by atoms with Crippen LogP contribution in [0.3, 0.4) is 0 Å². The summed E-state index contributed by atoms with van der Waals surface area (Å²) in [6.07, 6.45) is 2.35. The van der Waals surface area contributed by atoms with E-state index in [1.807, 2.05) is 19.1 Å². The molecule has 0 saturated heterocycles. The van der Waals surface area contributed by atoms with Gasteiger partial charge in [-0.15, -0.1) is 5.10 Å². The average Bonchev–Trinajstić information content (AvgIpc) is 3.12. The molecular formula is C19H20FN5O2. The van der Waals surface area contributed by atoms with Crippen LogP contribution >= 0.6 is 0 Å². The van der Waals surface area contributed by atoms with E-state index in [0.717, 1.165) is 12.0 Å². The lowest BCUT2D eigenvalue weighted by Gasteiger charge is -2.09. The zero-order valence-electron chi connectivity index (χ0n) is 14.9. The molecule has 0 bridgehead atoms. The molecule has 0 aliphatic heterocycles. The molecule has 1 aromatic heterocycles. The molecule has 0 spiro atoms. The summed E-state index contributed by atoms with van der Waals surface area (Å²) in [6, 6.07) is 11.4. The molecule has 27 heavy (non-hydrogen) atoms. The second-order valence-electron chi connectivity index (χ2n) is 5.84. The fourth-order valence-electron chi connectivity index (χ4n) is 2.46. The number of aryl methyl sites for hydroxylation is 1. The van der Waals surface area contributed by atoms with Crippen LogP contribution in [0.5, 0.6) is 11.5 Å². The van der Waals surface area contributed by atoms with Gasteiger partial charge in [-0.25, -0.2) is 4.39 Å². The molecule has 8 heteroatoms. The fraction of sp³-hybridized carbons (Fsp3) is 0.211. The molecule has 0 fully saturated rings. The van der Waals surface area contributed by atoms with E-state index >= 15 is 0 Å². The molecule has 0 aliphatic rings. The highest BCUT2D eigenvalue weighted by atomic mass is 19.1. The number of hydrogen-bond acceptors (Lipinski definition) is 5. The van der Waals surface area contributed by atoms with Crippen molar-refractivity contribution in [3.63, 3.8) is 0 Å². The van der Waals surface area contributed by atoms with Crippen molar-refractivity contribution >= 4 is 11.7 Å². The van der Waals surface area contributed by atoms with Gasteiger partial charge in [0.25, 0.3) is 5.91 Å². The molecule has 1 heterocycles.